The third-order valence-electron chi connectivity index (χ3n) is 7.25. The van der Waals surface area contributed by atoms with Crippen molar-refractivity contribution in [2.24, 2.45) is 5.92 Å². The first-order valence-corrected chi connectivity index (χ1v) is 13.4. The van der Waals surface area contributed by atoms with E-state index >= 15 is 0 Å². The molecule has 3 amide bonds. The number of hydrogen-bond donors (Lipinski definition) is 5. The molecule has 208 valence electrons. The number of anilines is 1. The summed E-state index contributed by atoms with van der Waals surface area (Å²) in [7, 11) is 0. The zero-order valence-electron chi connectivity index (χ0n) is 21.7. The van der Waals surface area contributed by atoms with Crippen molar-refractivity contribution in [3.05, 3.63) is 30.0 Å². The maximum absolute atomic E-state index is 13.1. The van der Waals surface area contributed by atoms with Gasteiger partial charge in [-0.25, -0.2) is 0 Å². The summed E-state index contributed by atoms with van der Waals surface area (Å²) in [6.07, 6.45) is 5.67. The Morgan fingerprint density at radius 2 is 1.82 bits per heavy atom. The second-order valence-electron chi connectivity index (χ2n) is 9.94. The molecule has 1 aliphatic carbocycles. The number of benzene rings is 1. The molecule has 2 heterocycles. The van der Waals surface area contributed by atoms with Gasteiger partial charge in [0.2, 0.25) is 5.60 Å². The number of carbonyl (C=O) groups excluding carboxylic acids is 3. The van der Waals surface area contributed by atoms with E-state index in [1.165, 1.54) is 11.3 Å². The van der Waals surface area contributed by atoms with Crippen LogP contribution >= 0.6 is 0 Å². The average molecular weight is 531 g/mol. The minimum Gasteiger partial charge on any atom is -0.394 e. The van der Waals surface area contributed by atoms with Gasteiger partial charge in [-0.3, -0.25) is 14.4 Å². The molecule has 38 heavy (non-hydrogen) atoms. The Balaban J connectivity index is 1.30. The number of nitrogens with one attached hydrogen (secondary N) is 3. The first-order valence-electron chi connectivity index (χ1n) is 13.4. The van der Waals surface area contributed by atoms with Gasteiger partial charge < -0.3 is 40.2 Å². The van der Waals surface area contributed by atoms with Crippen LogP contribution in [0.5, 0.6) is 0 Å². The topological polar surface area (TPSA) is 153 Å². The van der Waals surface area contributed by atoms with Crippen molar-refractivity contribution in [3.8, 4) is 0 Å². The Morgan fingerprint density at radius 3 is 2.58 bits per heavy atom. The Labute approximate surface area is 221 Å². The van der Waals surface area contributed by atoms with E-state index in [4.69, 9.17) is 14.6 Å². The molecule has 2 aliphatic rings. The number of aliphatic hydroxyl groups excluding tert-OH is 1. The predicted octanol–water partition coefficient (Wildman–Crippen LogP) is 1.09. The first kappa shape index (κ1) is 28.0. The molecule has 1 aromatic carbocycles. The van der Waals surface area contributed by atoms with Crippen molar-refractivity contribution in [2.75, 3.05) is 57.6 Å². The monoisotopic (exact) mass is 530 g/mol. The molecule has 11 heteroatoms. The fraction of sp³-hybridized carbons (Fsp3) is 0.593. The zero-order chi connectivity index (χ0) is 27.0. The van der Waals surface area contributed by atoms with Gasteiger partial charge >= 0.3 is 0 Å². The number of ether oxygens (including phenoxy) is 2. The highest BCUT2D eigenvalue weighted by Crippen LogP contribution is 2.31. The normalized spacial score (nSPS) is 20.3. The molecule has 1 atom stereocenters. The van der Waals surface area contributed by atoms with E-state index in [2.05, 4.69) is 15.6 Å². The maximum atomic E-state index is 13.1. The molecule has 4 rings (SSSR count). The molecule has 1 saturated carbocycles. The Morgan fingerprint density at radius 1 is 1.05 bits per heavy atom. The van der Waals surface area contributed by atoms with Crippen molar-refractivity contribution in [3.63, 3.8) is 0 Å². The van der Waals surface area contributed by atoms with Crippen LogP contribution in [0.25, 0.3) is 10.9 Å². The van der Waals surface area contributed by atoms with Crippen LogP contribution in [0.2, 0.25) is 0 Å². The van der Waals surface area contributed by atoms with Crippen LogP contribution in [0.4, 0.5) is 5.69 Å². The molecule has 2 aromatic rings. The van der Waals surface area contributed by atoms with E-state index in [0.717, 1.165) is 36.6 Å². The molecule has 5 N–H and O–H groups in total. The Hall–Kier alpha value is -2.99. The summed E-state index contributed by atoms with van der Waals surface area (Å²) < 4.78 is 10.5. The molecular formula is C27H38N4O7. The third-order valence-corrected chi connectivity index (χ3v) is 7.25. The van der Waals surface area contributed by atoms with Crippen LogP contribution in [0.3, 0.4) is 0 Å². The van der Waals surface area contributed by atoms with Crippen LogP contribution in [-0.2, 0) is 19.1 Å². The van der Waals surface area contributed by atoms with Crippen molar-refractivity contribution in [2.45, 2.75) is 44.1 Å². The predicted molar refractivity (Wildman–Crippen MR) is 141 cm³/mol. The summed E-state index contributed by atoms with van der Waals surface area (Å²) in [6, 6.07) is 6.96. The summed E-state index contributed by atoms with van der Waals surface area (Å²) >= 11 is 0. The minimum atomic E-state index is -2.07. The average Bonchev–Trinajstić information content (AvgIpc) is 3.50. The molecule has 2 fully saturated rings. The van der Waals surface area contributed by atoms with Crippen LogP contribution in [0, 0.1) is 5.92 Å². The summed E-state index contributed by atoms with van der Waals surface area (Å²) in [6.45, 7) is 2.34. The van der Waals surface area contributed by atoms with Crippen molar-refractivity contribution in [1.82, 2.24) is 15.6 Å². The number of amides is 3. The number of rotatable bonds is 13. The number of aromatic amines is 1. The lowest BCUT2D eigenvalue weighted by atomic mass is 9.89. The molecule has 0 radical (unpaired) electrons. The SMILES string of the molecule is O=C(NCCOCCOCCO)c1cc2cc(N3CCC(O)(C(=O)NCC4CCCCC4)C3=O)ccc2[nH]1. The van der Waals surface area contributed by atoms with Gasteiger partial charge in [0.15, 0.2) is 0 Å². The van der Waals surface area contributed by atoms with E-state index < -0.39 is 17.4 Å². The van der Waals surface area contributed by atoms with Crippen LogP contribution in [-0.4, -0.2) is 91.2 Å². The van der Waals surface area contributed by atoms with E-state index in [1.54, 1.807) is 24.3 Å². The highest BCUT2D eigenvalue weighted by molar-refractivity contribution is 6.16. The summed E-state index contributed by atoms with van der Waals surface area (Å²) in [5.74, 6) is -1.15. The zero-order valence-corrected chi connectivity index (χ0v) is 21.7. The van der Waals surface area contributed by atoms with E-state index in [0.29, 0.717) is 50.2 Å². The third kappa shape index (κ3) is 6.71. The standard InChI is InChI=1S/C27H38N4O7/c32-11-13-38-15-14-37-12-9-28-24(33)23-17-20-16-21(6-7-22(20)30-23)31-10-8-27(36,26(31)35)25(34)29-18-19-4-2-1-3-5-19/h6-7,16-17,19,30,32,36H,1-5,8-15,18H2,(H,28,33)(H,29,34). The minimum absolute atomic E-state index is 0.0246. The molecule has 1 aromatic heterocycles. The largest absolute Gasteiger partial charge is 0.394 e. The molecule has 1 aliphatic heterocycles. The van der Waals surface area contributed by atoms with Crippen molar-refractivity contribution >= 4 is 34.3 Å². The first-order chi connectivity index (χ1) is 18.4. The lowest BCUT2D eigenvalue weighted by Crippen LogP contribution is -2.53. The number of hydrogen-bond acceptors (Lipinski definition) is 7. The summed E-state index contributed by atoms with van der Waals surface area (Å²) in [4.78, 5) is 42.9. The van der Waals surface area contributed by atoms with E-state index in [9.17, 15) is 19.5 Å². The summed E-state index contributed by atoms with van der Waals surface area (Å²) in [5.41, 5.74) is -0.417. The number of nitrogens with zero attached hydrogens (tertiary/aromatic N) is 1. The fourth-order valence-corrected chi connectivity index (χ4v) is 5.07. The smallest absolute Gasteiger partial charge is 0.268 e. The van der Waals surface area contributed by atoms with Gasteiger partial charge in [-0.15, -0.1) is 0 Å². The molecule has 0 spiro atoms. The highest BCUT2D eigenvalue weighted by atomic mass is 16.5. The van der Waals surface area contributed by atoms with Gasteiger partial charge in [0.1, 0.15) is 5.69 Å². The maximum Gasteiger partial charge on any atom is 0.268 e. The van der Waals surface area contributed by atoms with Gasteiger partial charge in [-0.1, -0.05) is 19.3 Å². The van der Waals surface area contributed by atoms with Crippen molar-refractivity contribution in [1.29, 1.82) is 0 Å². The Kier molecular flexibility index (Phi) is 9.73. The number of H-pyrrole nitrogens is 1. The van der Waals surface area contributed by atoms with Gasteiger partial charge in [-0.2, -0.15) is 0 Å². The highest BCUT2D eigenvalue weighted by Gasteiger charge is 2.51. The molecule has 0 bridgehead atoms. The second-order valence-corrected chi connectivity index (χ2v) is 9.94. The van der Waals surface area contributed by atoms with Gasteiger partial charge in [0.05, 0.1) is 33.0 Å². The lowest BCUT2D eigenvalue weighted by Gasteiger charge is -2.25. The summed E-state index contributed by atoms with van der Waals surface area (Å²) in [5, 5.41) is 25.9. The van der Waals surface area contributed by atoms with E-state index in [-0.39, 0.29) is 32.1 Å². The number of carbonyl (C=O) groups is 3. The molecular weight excluding hydrogens is 492 g/mol. The number of aliphatic hydroxyl groups is 2. The van der Waals surface area contributed by atoms with Gasteiger partial charge in [0, 0.05) is 42.6 Å². The van der Waals surface area contributed by atoms with E-state index in [1.807, 2.05) is 0 Å². The van der Waals surface area contributed by atoms with Crippen molar-refractivity contribution < 1.29 is 34.1 Å². The molecule has 1 unspecified atom stereocenters. The number of aromatic nitrogens is 1. The van der Waals surface area contributed by atoms with Crippen LogP contribution in [0.1, 0.15) is 49.0 Å². The van der Waals surface area contributed by atoms with Gasteiger partial charge in [0.25, 0.3) is 17.7 Å². The molecule has 11 nitrogen and oxygen atoms in total. The quantitative estimate of drug-likeness (QED) is 0.192. The Bertz CT molecular complexity index is 1110. The van der Waals surface area contributed by atoms with Crippen LogP contribution < -0.4 is 15.5 Å². The number of fused-ring (bicyclic) bond motifs is 1. The second kappa shape index (κ2) is 13.2. The lowest BCUT2D eigenvalue weighted by molar-refractivity contribution is -0.149. The van der Waals surface area contributed by atoms with Crippen LogP contribution in [0.15, 0.2) is 24.3 Å². The van der Waals surface area contributed by atoms with Gasteiger partial charge in [-0.05, 0) is 43.0 Å². The molecule has 1 saturated heterocycles. The fourth-order valence-electron chi connectivity index (χ4n) is 5.07.